The zero-order valence-electron chi connectivity index (χ0n) is 15.3. The van der Waals surface area contributed by atoms with Gasteiger partial charge in [-0.3, -0.25) is 4.79 Å². The first kappa shape index (κ1) is 18.8. The highest BCUT2D eigenvalue weighted by atomic mass is 16.5. The minimum Gasteiger partial charge on any atom is -0.497 e. The molecule has 0 spiro atoms. The number of nitrogens with zero attached hydrogens (tertiary/aromatic N) is 2. The van der Waals surface area contributed by atoms with Crippen LogP contribution in [-0.4, -0.2) is 36.1 Å². The summed E-state index contributed by atoms with van der Waals surface area (Å²) >= 11 is 0. The van der Waals surface area contributed by atoms with Gasteiger partial charge in [0.2, 0.25) is 5.95 Å². The van der Waals surface area contributed by atoms with Crippen LogP contribution in [0.3, 0.4) is 0 Å². The maximum absolute atomic E-state index is 12.4. The number of carbonyl (C=O) groups excluding carboxylic acids is 2. The van der Waals surface area contributed by atoms with Crippen molar-refractivity contribution < 1.29 is 19.1 Å². The SMILES string of the molecule is COC(=O)c1cccc(Nc2nccc(C(=O)Nc3ccc(OC)cc3)n2)c1. The normalized spacial score (nSPS) is 10.1. The first-order valence-electron chi connectivity index (χ1n) is 8.33. The van der Waals surface area contributed by atoms with Crippen LogP contribution in [0.2, 0.25) is 0 Å². The Bertz CT molecular complexity index is 990. The number of methoxy groups -OCH3 is 2. The van der Waals surface area contributed by atoms with Gasteiger partial charge < -0.3 is 20.1 Å². The number of hydrogen-bond acceptors (Lipinski definition) is 7. The molecule has 2 N–H and O–H groups in total. The summed E-state index contributed by atoms with van der Waals surface area (Å²) in [6.45, 7) is 0. The summed E-state index contributed by atoms with van der Waals surface area (Å²) in [6.07, 6.45) is 1.47. The van der Waals surface area contributed by atoms with E-state index < -0.39 is 5.97 Å². The van der Waals surface area contributed by atoms with Gasteiger partial charge in [-0.05, 0) is 48.5 Å². The quantitative estimate of drug-likeness (QED) is 0.635. The highest BCUT2D eigenvalue weighted by Gasteiger charge is 2.11. The molecule has 1 heterocycles. The summed E-state index contributed by atoms with van der Waals surface area (Å²) in [5, 5.41) is 5.73. The molecule has 0 aliphatic heterocycles. The molecule has 8 heteroatoms. The predicted molar refractivity (Wildman–Crippen MR) is 104 cm³/mol. The third-order valence-corrected chi connectivity index (χ3v) is 3.78. The topological polar surface area (TPSA) is 102 Å². The zero-order chi connectivity index (χ0) is 19.9. The fourth-order valence-corrected chi connectivity index (χ4v) is 2.39. The third kappa shape index (κ3) is 4.61. The third-order valence-electron chi connectivity index (χ3n) is 3.78. The molecule has 0 atom stereocenters. The molecule has 0 radical (unpaired) electrons. The van der Waals surface area contributed by atoms with Crippen LogP contribution >= 0.6 is 0 Å². The van der Waals surface area contributed by atoms with Crippen LogP contribution in [0.15, 0.2) is 60.8 Å². The van der Waals surface area contributed by atoms with Gasteiger partial charge >= 0.3 is 5.97 Å². The number of anilines is 3. The van der Waals surface area contributed by atoms with Crippen molar-refractivity contribution in [3.63, 3.8) is 0 Å². The summed E-state index contributed by atoms with van der Waals surface area (Å²) in [4.78, 5) is 32.4. The van der Waals surface area contributed by atoms with E-state index in [9.17, 15) is 9.59 Å². The molecule has 0 bridgehead atoms. The van der Waals surface area contributed by atoms with Gasteiger partial charge in [0, 0.05) is 17.6 Å². The summed E-state index contributed by atoms with van der Waals surface area (Å²) in [7, 11) is 2.89. The number of benzene rings is 2. The molecule has 0 fully saturated rings. The number of ether oxygens (including phenoxy) is 2. The number of amides is 1. The molecule has 8 nitrogen and oxygen atoms in total. The molecule has 3 rings (SSSR count). The molecule has 1 aromatic heterocycles. The Morgan fingerprint density at radius 1 is 0.964 bits per heavy atom. The van der Waals surface area contributed by atoms with Crippen molar-refractivity contribution >= 4 is 29.2 Å². The van der Waals surface area contributed by atoms with Crippen molar-refractivity contribution in [3.05, 3.63) is 72.1 Å². The monoisotopic (exact) mass is 378 g/mol. The van der Waals surface area contributed by atoms with E-state index in [0.717, 1.165) is 0 Å². The van der Waals surface area contributed by atoms with Gasteiger partial charge in [-0.25, -0.2) is 14.8 Å². The standard InChI is InChI=1S/C20H18N4O4/c1-27-16-8-6-14(7-9-16)22-18(25)17-10-11-21-20(24-17)23-15-5-3-4-13(12-15)19(26)28-2/h3-12H,1-2H3,(H,22,25)(H,21,23,24). The number of carbonyl (C=O) groups is 2. The summed E-state index contributed by atoms with van der Waals surface area (Å²) < 4.78 is 9.80. The van der Waals surface area contributed by atoms with Crippen LogP contribution in [0.1, 0.15) is 20.8 Å². The van der Waals surface area contributed by atoms with E-state index in [1.54, 1.807) is 55.6 Å². The van der Waals surface area contributed by atoms with E-state index in [0.29, 0.717) is 22.7 Å². The van der Waals surface area contributed by atoms with E-state index >= 15 is 0 Å². The molecular weight excluding hydrogens is 360 g/mol. The lowest BCUT2D eigenvalue weighted by Gasteiger charge is -2.09. The van der Waals surface area contributed by atoms with E-state index in [1.807, 2.05) is 0 Å². The second kappa shape index (κ2) is 8.63. The summed E-state index contributed by atoms with van der Waals surface area (Å²) in [5.41, 5.74) is 1.79. The lowest BCUT2D eigenvalue weighted by molar-refractivity contribution is 0.0600. The zero-order valence-corrected chi connectivity index (χ0v) is 15.3. The lowest BCUT2D eigenvalue weighted by Crippen LogP contribution is -2.14. The molecule has 3 aromatic rings. The van der Waals surface area contributed by atoms with Gasteiger partial charge in [0.1, 0.15) is 11.4 Å². The molecular formula is C20H18N4O4. The summed E-state index contributed by atoms with van der Waals surface area (Å²) in [6, 6.07) is 15.2. The van der Waals surface area contributed by atoms with E-state index in [4.69, 9.17) is 9.47 Å². The van der Waals surface area contributed by atoms with Crippen molar-refractivity contribution in [2.75, 3.05) is 24.9 Å². The Kier molecular flexibility index (Phi) is 5.81. The molecule has 0 aliphatic rings. The van der Waals surface area contributed by atoms with Crippen molar-refractivity contribution in [2.45, 2.75) is 0 Å². The molecule has 0 aliphatic carbocycles. The van der Waals surface area contributed by atoms with Crippen molar-refractivity contribution in [2.24, 2.45) is 0 Å². The minimum atomic E-state index is -0.447. The highest BCUT2D eigenvalue weighted by Crippen LogP contribution is 2.17. The second-order valence-electron chi connectivity index (χ2n) is 5.65. The van der Waals surface area contributed by atoms with Crippen LogP contribution in [0.25, 0.3) is 0 Å². The smallest absolute Gasteiger partial charge is 0.337 e. The Hall–Kier alpha value is -3.94. The van der Waals surface area contributed by atoms with Crippen molar-refractivity contribution in [1.82, 2.24) is 9.97 Å². The minimum absolute atomic E-state index is 0.192. The number of esters is 1. The predicted octanol–water partition coefficient (Wildman–Crippen LogP) is 3.27. The van der Waals surface area contributed by atoms with Gasteiger partial charge in [-0.2, -0.15) is 0 Å². The Morgan fingerprint density at radius 2 is 1.75 bits per heavy atom. The average molecular weight is 378 g/mol. The van der Waals surface area contributed by atoms with Gasteiger partial charge in [-0.1, -0.05) is 6.07 Å². The van der Waals surface area contributed by atoms with Crippen LogP contribution in [-0.2, 0) is 4.74 Å². The van der Waals surface area contributed by atoms with E-state index in [1.165, 1.54) is 19.4 Å². The Labute approximate surface area is 161 Å². The number of rotatable bonds is 6. The van der Waals surface area contributed by atoms with Crippen LogP contribution in [0.5, 0.6) is 5.75 Å². The molecule has 28 heavy (non-hydrogen) atoms. The number of hydrogen-bond donors (Lipinski definition) is 2. The number of aromatic nitrogens is 2. The van der Waals surface area contributed by atoms with Gasteiger partial charge in [0.05, 0.1) is 19.8 Å². The first-order chi connectivity index (χ1) is 13.6. The lowest BCUT2D eigenvalue weighted by atomic mass is 10.2. The van der Waals surface area contributed by atoms with Gasteiger partial charge in [0.15, 0.2) is 0 Å². The summed E-state index contributed by atoms with van der Waals surface area (Å²) in [5.74, 6) is 0.0984. The number of nitrogens with one attached hydrogen (secondary N) is 2. The maximum atomic E-state index is 12.4. The highest BCUT2D eigenvalue weighted by molar-refractivity contribution is 6.03. The Morgan fingerprint density at radius 3 is 2.46 bits per heavy atom. The average Bonchev–Trinajstić information content (AvgIpc) is 2.74. The molecule has 0 saturated heterocycles. The van der Waals surface area contributed by atoms with Crippen LogP contribution < -0.4 is 15.4 Å². The molecule has 1 amide bonds. The van der Waals surface area contributed by atoms with Crippen LogP contribution in [0.4, 0.5) is 17.3 Å². The van der Waals surface area contributed by atoms with E-state index in [2.05, 4.69) is 20.6 Å². The molecule has 2 aromatic carbocycles. The largest absolute Gasteiger partial charge is 0.497 e. The van der Waals surface area contributed by atoms with Crippen molar-refractivity contribution in [1.29, 1.82) is 0 Å². The van der Waals surface area contributed by atoms with Gasteiger partial charge in [-0.15, -0.1) is 0 Å². The fourth-order valence-electron chi connectivity index (χ4n) is 2.39. The van der Waals surface area contributed by atoms with Gasteiger partial charge in [0.25, 0.3) is 5.91 Å². The van der Waals surface area contributed by atoms with Crippen molar-refractivity contribution in [3.8, 4) is 5.75 Å². The first-order valence-corrected chi connectivity index (χ1v) is 8.33. The fraction of sp³-hybridized carbons (Fsp3) is 0.100. The molecule has 0 saturated carbocycles. The van der Waals surface area contributed by atoms with Crippen LogP contribution in [0, 0.1) is 0 Å². The molecule has 142 valence electrons. The maximum Gasteiger partial charge on any atom is 0.337 e. The molecule has 0 unspecified atom stereocenters. The van der Waals surface area contributed by atoms with E-state index in [-0.39, 0.29) is 17.5 Å². The second-order valence-corrected chi connectivity index (χ2v) is 5.65. The Balaban J connectivity index is 1.72.